The number of carbonyl (C=O) groups excluding carboxylic acids is 2. The Morgan fingerprint density at radius 2 is 2.18 bits per heavy atom. The molecule has 0 bridgehead atoms. The Morgan fingerprint density at radius 1 is 1.36 bits per heavy atom. The van der Waals surface area contributed by atoms with Crippen LogP contribution in [0.15, 0.2) is 33.9 Å². The van der Waals surface area contributed by atoms with Gasteiger partial charge in [-0.25, -0.2) is 4.79 Å². The molecule has 1 N–H and O–H groups in total. The maximum absolute atomic E-state index is 11.5. The fourth-order valence-corrected chi connectivity index (χ4v) is 2.17. The first-order chi connectivity index (χ1) is 10.6. The molecule has 2 aromatic rings. The monoisotopic (exact) mass is 321 g/mol. The molecule has 2 rings (SSSR count). The Labute approximate surface area is 131 Å². The van der Waals surface area contributed by atoms with E-state index in [1.54, 1.807) is 6.92 Å². The number of carbonyl (C=O) groups is 2. The van der Waals surface area contributed by atoms with Crippen LogP contribution in [-0.2, 0) is 9.53 Å². The first-order valence-corrected chi connectivity index (χ1v) is 7.57. The normalized spacial score (nSPS) is 10.3. The van der Waals surface area contributed by atoms with Gasteiger partial charge in [-0.2, -0.15) is 0 Å². The first kappa shape index (κ1) is 16.0. The van der Waals surface area contributed by atoms with E-state index in [9.17, 15) is 9.59 Å². The zero-order valence-electron chi connectivity index (χ0n) is 12.2. The lowest BCUT2D eigenvalue weighted by atomic mass is 10.1. The van der Waals surface area contributed by atoms with E-state index in [4.69, 9.17) is 4.42 Å². The molecule has 0 spiro atoms. The molecule has 0 saturated heterocycles. The van der Waals surface area contributed by atoms with Gasteiger partial charge >= 0.3 is 6.09 Å². The van der Waals surface area contributed by atoms with Gasteiger partial charge in [-0.1, -0.05) is 29.5 Å². The number of alkyl carbamates (subject to hydrolysis) is 1. The van der Waals surface area contributed by atoms with Crippen LogP contribution in [0, 0.1) is 6.92 Å². The van der Waals surface area contributed by atoms with Gasteiger partial charge in [0.05, 0.1) is 12.4 Å². The van der Waals surface area contributed by atoms with E-state index in [1.165, 1.54) is 0 Å². The van der Waals surface area contributed by atoms with Crippen molar-refractivity contribution in [1.82, 2.24) is 15.5 Å². The number of nitrogens with one attached hydrogen (secondary N) is 1. The molecule has 2 amide bonds. The second-order valence-corrected chi connectivity index (χ2v) is 5.23. The van der Waals surface area contributed by atoms with Crippen molar-refractivity contribution >= 4 is 23.8 Å². The molecule has 116 valence electrons. The van der Waals surface area contributed by atoms with Crippen molar-refractivity contribution in [3.8, 4) is 11.5 Å². The van der Waals surface area contributed by atoms with Crippen LogP contribution in [0.5, 0.6) is 0 Å². The summed E-state index contributed by atoms with van der Waals surface area (Å²) in [6, 6.07) is 7.65. The molecular formula is C14H15N3O4S. The minimum atomic E-state index is -0.765. The summed E-state index contributed by atoms with van der Waals surface area (Å²) in [5.74, 6) is -0.121. The van der Waals surface area contributed by atoms with Crippen LogP contribution in [0.1, 0.15) is 12.5 Å². The van der Waals surface area contributed by atoms with Crippen molar-refractivity contribution in [2.75, 3.05) is 12.4 Å². The van der Waals surface area contributed by atoms with Crippen molar-refractivity contribution in [2.24, 2.45) is 0 Å². The minimum Gasteiger partial charge on any atom is -0.450 e. The second kappa shape index (κ2) is 7.60. The third-order valence-electron chi connectivity index (χ3n) is 2.52. The molecular weight excluding hydrogens is 306 g/mol. The number of amides is 2. The zero-order valence-corrected chi connectivity index (χ0v) is 13.0. The van der Waals surface area contributed by atoms with E-state index in [1.807, 2.05) is 31.2 Å². The van der Waals surface area contributed by atoms with Crippen LogP contribution in [0.3, 0.4) is 0 Å². The number of aromatic nitrogens is 2. The van der Waals surface area contributed by atoms with E-state index in [0.717, 1.165) is 22.9 Å². The molecule has 0 aliphatic carbocycles. The Bertz CT molecular complexity index is 672. The fraction of sp³-hybridized carbons (Fsp3) is 0.286. The topological polar surface area (TPSA) is 94.3 Å². The third-order valence-corrected chi connectivity index (χ3v) is 3.33. The number of ether oxygens (including phenoxy) is 1. The number of hydrogen-bond acceptors (Lipinski definition) is 7. The van der Waals surface area contributed by atoms with E-state index in [-0.39, 0.29) is 17.6 Å². The SMILES string of the molecule is CCOC(=O)NC(=O)CSc1nnc(-c2cccc(C)c2)o1. The smallest absolute Gasteiger partial charge is 0.413 e. The molecule has 1 aromatic heterocycles. The summed E-state index contributed by atoms with van der Waals surface area (Å²) in [6.45, 7) is 3.83. The number of imide groups is 1. The largest absolute Gasteiger partial charge is 0.450 e. The summed E-state index contributed by atoms with van der Waals surface area (Å²) in [5, 5.41) is 10.1. The number of nitrogens with zero attached hydrogens (tertiary/aromatic N) is 2. The average molecular weight is 321 g/mol. The lowest BCUT2D eigenvalue weighted by molar-refractivity contribution is -0.117. The van der Waals surface area contributed by atoms with E-state index in [2.05, 4.69) is 20.3 Å². The van der Waals surface area contributed by atoms with Crippen molar-refractivity contribution in [3.63, 3.8) is 0 Å². The van der Waals surface area contributed by atoms with E-state index in [0.29, 0.717) is 5.89 Å². The molecule has 0 aliphatic heterocycles. The van der Waals surface area contributed by atoms with Gasteiger partial charge in [0.1, 0.15) is 0 Å². The summed E-state index contributed by atoms with van der Waals surface area (Å²) < 4.78 is 10.1. The second-order valence-electron chi connectivity index (χ2n) is 4.30. The number of hydrogen-bond donors (Lipinski definition) is 1. The maximum Gasteiger partial charge on any atom is 0.413 e. The predicted octanol–water partition coefficient (Wildman–Crippen LogP) is 2.41. The van der Waals surface area contributed by atoms with Crippen LogP contribution in [0.25, 0.3) is 11.5 Å². The van der Waals surface area contributed by atoms with Crippen molar-refractivity contribution in [3.05, 3.63) is 29.8 Å². The molecule has 0 aliphatic rings. The summed E-state index contributed by atoms with van der Waals surface area (Å²) in [5.41, 5.74) is 1.90. The highest BCUT2D eigenvalue weighted by atomic mass is 32.2. The molecule has 0 atom stereocenters. The highest BCUT2D eigenvalue weighted by Gasteiger charge is 2.13. The standard InChI is InChI=1S/C14H15N3O4S/c1-3-20-13(19)15-11(18)8-22-14-17-16-12(21-14)10-6-4-5-9(2)7-10/h4-7H,3,8H2,1-2H3,(H,15,18,19). The van der Waals surface area contributed by atoms with Crippen molar-refractivity contribution in [1.29, 1.82) is 0 Å². The van der Waals surface area contributed by atoms with Crippen LogP contribution < -0.4 is 5.32 Å². The number of aryl methyl sites for hydroxylation is 1. The molecule has 1 aromatic carbocycles. The highest BCUT2D eigenvalue weighted by Crippen LogP contribution is 2.23. The molecule has 7 nitrogen and oxygen atoms in total. The highest BCUT2D eigenvalue weighted by molar-refractivity contribution is 7.99. The van der Waals surface area contributed by atoms with Crippen LogP contribution in [0.2, 0.25) is 0 Å². The first-order valence-electron chi connectivity index (χ1n) is 6.58. The lowest BCUT2D eigenvalue weighted by Crippen LogP contribution is -2.32. The fourth-order valence-electron chi connectivity index (χ4n) is 1.61. The molecule has 22 heavy (non-hydrogen) atoms. The molecule has 0 radical (unpaired) electrons. The van der Waals surface area contributed by atoms with E-state index >= 15 is 0 Å². The molecule has 0 unspecified atom stereocenters. The summed E-state index contributed by atoms with van der Waals surface area (Å²) >= 11 is 1.05. The number of benzene rings is 1. The molecule has 8 heteroatoms. The summed E-state index contributed by atoms with van der Waals surface area (Å²) in [6.07, 6.45) is -0.765. The lowest BCUT2D eigenvalue weighted by Gasteiger charge is -2.02. The van der Waals surface area contributed by atoms with Crippen LogP contribution in [-0.4, -0.2) is 34.6 Å². The van der Waals surface area contributed by atoms with E-state index < -0.39 is 12.0 Å². The van der Waals surface area contributed by atoms with Gasteiger partial charge in [-0.05, 0) is 26.0 Å². The maximum atomic E-state index is 11.5. The van der Waals surface area contributed by atoms with Gasteiger partial charge in [-0.15, -0.1) is 10.2 Å². The quantitative estimate of drug-likeness (QED) is 0.845. The summed E-state index contributed by atoms with van der Waals surface area (Å²) in [7, 11) is 0. The minimum absolute atomic E-state index is 0.0196. The Balaban J connectivity index is 1.90. The predicted molar refractivity (Wildman–Crippen MR) is 80.4 cm³/mol. The number of rotatable bonds is 5. The Hall–Kier alpha value is -2.35. The van der Waals surface area contributed by atoms with Crippen LogP contribution >= 0.6 is 11.8 Å². The van der Waals surface area contributed by atoms with Crippen LogP contribution in [0.4, 0.5) is 4.79 Å². The van der Waals surface area contributed by atoms with Crippen molar-refractivity contribution < 1.29 is 18.7 Å². The van der Waals surface area contributed by atoms with Gasteiger partial charge in [0.25, 0.3) is 5.22 Å². The van der Waals surface area contributed by atoms with Gasteiger partial charge < -0.3 is 9.15 Å². The number of thioether (sulfide) groups is 1. The van der Waals surface area contributed by atoms with Gasteiger partial charge in [0.15, 0.2) is 0 Å². The Morgan fingerprint density at radius 3 is 2.91 bits per heavy atom. The van der Waals surface area contributed by atoms with Crippen molar-refractivity contribution in [2.45, 2.75) is 19.1 Å². The Kier molecular flexibility index (Phi) is 5.54. The molecule has 1 heterocycles. The molecule has 0 saturated carbocycles. The zero-order chi connectivity index (χ0) is 15.9. The molecule has 0 fully saturated rings. The summed E-state index contributed by atoms with van der Waals surface area (Å²) in [4.78, 5) is 22.6. The third kappa shape index (κ3) is 4.59. The average Bonchev–Trinajstić information content (AvgIpc) is 2.94. The van der Waals surface area contributed by atoms with Gasteiger partial charge in [-0.3, -0.25) is 10.1 Å². The van der Waals surface area contributed by atoms with Gasteiger partial charge in [0.2, 0.25) is 11.8 Å². The van der Waals surface area contributed by atoms with Gasteiger partial charge in [0, 0.05) is 5.56 Å².